The highest BCUT2D eigenvalue weighted by Gasteiger charge is 2.17. The van der Waals surface area contributed by atoms with E-state index in [0.29, 0.717) is 12.3 Å². The van der Waals surface area contributed by atoms with Crippen molar-refractivity contribution in [3.63, 3.8) is 0 Å². The van der Waals surface area contributed by atoms with Gasteiger partial charge in [-0.25, -0.2) is 9.97 Å². The van der Waals surface area contributed by atoms with Gasteiger partial charge in [0.05, 0.1) is 13.5 Å². The Balaban J connectivity index is 1.55. The van der Waals surface area contributed by atoms with Crippen molar-refractivity contribution in [1.82, 2.24) is 14.9 Å². The molecule has 1 aliphatic heterocycles. The Morgan fingerprint density at radius 2 is 1.88 bits per heavy atom. The fourth-order valence-corrected chi connectivity index (χ4v) is 3.97. The van der Waals surface area contributed by atoms with Crippen LogP contribution in [0.3, 0.4) is 0 Å². The molecule has 2 heterocycles. The first-order valence-corrected chi connectivity index (χ1v) is 11.2. The summed E-state index contributed by atoms with van der Waals surface area (Å²) in [5, 5.41) is 3.01. The van der Waals surface area contributed by atoms with E-state index in [1.807, 2.05) is 56.3 Å². The summed E-state index contributed by atoms with van der Waals surface area (Å²) in [6, 6.07) is 13.3. The quantitative estimate of drug-likeness (QED) is 0.535. The lowest BCUT2D eigenvalue weighted by atomic mass is 10.0. The van der Waals surface area contributed by atoms with Crippen LogP contribution in [-0.2, 0) is 11.2 Å². The minimum absolute atomic E-state index is 0.0987. The summed E-state index contributed by atoms with van der Waals surface area (Å²) >= 11 is 0. The van der Waals surface area contributed by atoms with Gasteiger partial charge in [0.15, 0.2) is 0 Å². The molecule has 1 saturated heterocycles. The number of likely N-dealkylation sites (tertiary alicyclic amines) is 1. The molecule has 0 radical (unpaired) electrons. The summed E-state index contributed by atoms with van der Waals surface area (Å²) in [6.07, 6.45) is 3.08. The highest BCUT2D eigenvalue weighted by atomic mass is 16.5. The molecule has 0 aliphatic carbocycles. The van der Waals surface area contributed by atoms with Gasteiger partial charge in [-0.3, -0.25) is 9.69 Å². The lowest BCUT2D eigenvalue weighted by Gasteiger charge is -2.30. The van der Waals surface area contributed by atoms with Crippen molar-refractivity contribution in [3.05, 3.63) is 65.7 Å². The number of nitrogens with zero attached hydrogens (tertiary/aromatic N) is 3. The second-order valence-electron chi connectivity index (χ2n) is 8.25. The molecular weight excluding hydrogens is 416 g/mol. The number of amides is 1. The number of ether oxygens (including phenoxy) is 2. The Morgan fingerprint density at radius 1 is 1.09 bits per heavy atom. The Bertz CT molecular complexity index is 1110. The third-order valence-corrected chi connectivity index (χ3v) is 5.87. The molecule has 1 aromatic heterocycles. The fraction of sp³-hybridized carbons (Fsp3) is 0.346. The largest absolute Gasteiger partial charge is 0.497 e. The molecule has 0 unspecified atom stereocenters. The van der Waals surface area contributed by atoms with Gasteiger partial charge in [-0.05, 0) is 69.3 Å². The van der Waals surface area contributed by atoms with Gasteiger partial charge in [-0.2, -0.15) is 0 Å². The Labute approximate surface area is 194 Å². The van der Waals surface area contributed by atoms with Gasteiger partial charge < -0.3 is 14.8 Å². The van der Waals surface area contributed by atoms with E-state index in [2.05, 4.69) is 20.2 Å². The predicted octanol–water partition coefficient (Wildman–Crippen LogP) is 4.03. The van der Waals surface area contributed by atoms with Crippen LogP contribution in [0.2, 0.25) is 0 Å². The molecular formula is C26H30N4O3. The molecule has 172 valence electrons. The van der Waals surface area contributed by atoms with Gasteiger partial charge >= 0.3 is 0 Å². The van der Waals surface area contributed by atoms with Gasteiger partial charge in [-0.15, -0.1) is 0 Å². The highest BCUT2D eigenvalue weighted by Crippen LogP contribution is 2.35. The van der Waals surface area contributed by atoms with Crippen molar-refractivity contribution < 1.29 is 14.3 Å². The van der Waals surface area contributed by atoms with Crippen molar-refractivity contribution in [2.75, 3.05) is 38.7 Å². The topological polar surface area (TPSA) is 76.6 Å². The number of aromatic nitrogens is 2. The molecule has 4 rings (SSSR count). The number of nitrogens with one attached hydrogen (secondary N) is 1. The maximum absolute atomic E-state index is 12.7. The van der Waals surface area contributed by atoms with E-state index in [1.165, 1.54) is 6.42 Å². The summed E-state index contributed by atoms with van der Waals surface area (Å²) in [4.78, 5) is 23.8. The average molecular weight is 447 g/mol. The first kappa shape index (κ1) is 22.7. The van der Waals surface area contributed by atoms with E-state index >= 15 is 0 Å². The van der Waals surface area contributed by atoms with E-state index in [-0.39, 0.29) is 12.3 Å². The maximum atomic E-state index is 12.7. The number of hydrogen-bond donors (Lipinski definition) is 1. The number of benzene rings is 2. The van der Waals surface area contributed by atoms with Crippen LogP contribution < -0.4 is 14.8 Å². The second kappa shape index (κ2) is 10.4. The Morgan fingerprint density at radius 3 is 2.58 bits per heavy atom. The first-order chi connectivity index (χ1) is 16.0. The molecule has 1 fully saturated rings. The molecule has 1 N–H and O–H groups in total. The summed E-state index contributed by atoms with van der Waals surface area (Å²) in [7, 11) is 1.62. The number of rotatable bonds is 9. The zero-order valence-electron chi connectivity index (χ0n) is 19.4. The molecule has 1 amide bonds. The van der Waals surface area contributed by atoms with Crippen molar-refractivity contribution in [2.24, 2.45) is 0 Å². The molecule has 0 spiro atoms. The maximum Gasteiger partial charge on any atom is 0.228 e. The molecule has 2 aromatic carbocycles. The van der Waals surface area contributed by atoms with Crippen LogP contribution in [0, 0.1) is 13.8 Å². The van der Waals surface area contributed by atoms with E-state index in [4.69, 9.17) is 9.47 Å². The van der Waals surface area contributed by atoms with Gasteiger partial charge in [0.1, 0.15) is 24.4 Å². The number of anilines is 1. The summed E-state index contributed by atoms with van der Waals surface area (Å²) in [6.45, 7) is 7.71. The molecule has 0 bridgehead atoms. The first-order valence-electron chi connectivity index (χ1n) is 11.2. The van der Waals surface area contributed by atoms with Gasteiger partial charge in [0.25, 0.3) is 0 Å². The number of methoxy groups -OCH3 is 1. The summed E-state index contributed by atoms with van der Waals surface area (Å²) in [5.74, 6) is 1.40. The Kier molecular flexibility index (Phi) is 7.19. The molecule has 0 saturated carbocycles. The number of carbonyl (C=O) groups excluding carboxylic acids is 1. The minimum Gasteiger partial charge on any atom is -0.497 e. The molecule has 7 nitrogen and oxygen atoms in total. The normalized spacial score (nSPS) is 13.3. The smallest absolute Gasteiger partial charge is 0.228 e. The van der Waals surface area contributed by atoms with Crippen LogP contribution in [0.5, 0.6) is 11.5 Å². The van der Waals surface area contributed by atoms with Crippen LogP contribution in [0.1, 0.15) is 23.4 Å². The number of hydrogen-bond acceptors (Lipinski definition) is 6. The monoisotopic (exact) mass is 446 g/mol. The van der Waals surface area contributed by atoms with E-state index in [1.54, 1.807) is 13.4 Å². The molecule has 1 aliphatic rings. The SMILES string of the molecule is COc1cccc(CC(=O)Nc2ccc(OCCN3CCC3)c(-c3c(C)ncnc3C)c2)c1. The van der Waals surface area contributed by atoms with Gasteiger partial charge in [0, 0.05) is 34.7 Å². The molecule has 0 atom stereocenters. The van der Waals surface area contributed by atoms with Crippen molar-refractivity contribution >= 4 is 11.6 Å². The lowest BCUT2D eigenvalue weighted by molar-refractivity contribution is -0.115. The zero-order valence-corrected chi connectivity index (χ0v) is 19.4. The van der Waals surface area contributed by atoms with E-state index < -0.39 is 0 Å². The molecule has 7 heteroatoms. The van der Waals surface area contributed by atoms with Crippen molar-refractivity contribution in [2.45, 2.75) is 26.7 Å². The summed E-state index contributed by atoms with van der Waals surface area (Å²) < 4.78 is 11.4. The van der Waals surface area contributed by atoms with Crippen LogP contribution in [0.25, 0.3) is 11.1 Å². The van der Waals surface area contributed by atoms with Gasteiger partial charge in [0.2, 0.25) is 5.91 Å². The second-order valence-corrected chi connectivity index (χ2v) is 8.25. The number of carbonyl (C=O) groups is 1. The van der Waals surface area contributed by atoms with E-state index in [9.17, 15) is 4.79 Å². The number of aryl methyl sites for hydroxylation is 2. The van der Waals surface area contributed by atoms with Gasteiger partial charge in [-0.1, -0.05) is 12.1 Å². The van der Waals surface area contributed by atoms with Crippen LogP contribution in [0.15, 0.2) is 48.8 Å². The van der Waals surface area contributed by atoms with E-state index in [0.717, 1.165) is 59.2 Å². The zero-order chi connectivity index (χ0) is 23.2. The third-order valence-electron chi connectivity index (χ3n) is 5.87. The average Bonchev–Trinajstić information content (AvgIpc) is 2.76. The fourth-order valence-electron chi connectivity index (χ4n) is 3.97. The minimum atomic E-state index is -0.0987. The third kappa shape index (κ3) is 5.68. The van der Waals surface area contributed by atoms with Crippen LogP contribution in [0.4, 0.5) is 5.69 Å². The summed E-state index contributed by atoms with van der Waals surface area (Å²) in [5.41, 5.74) is 5.15. The standard InChI is InChI=1S/C26H30N4O3/c1-18-26(19(2)28-17-27-18)23-16-21(8-9-24(23)33-13-12-30-10-5-11-30)29-25(31)15-20-6-4-7-22(14-20)32-3/h4,6-9,14,16-17H,5,10-13,15H2,1-3H3,(H,29,31). The lowest BCUT2D eigenvalue weighted by Crippen LogP contribution is -2.39. The van der Waals surface area contributed by atoms with Crippen molar-refractivity contribution in [1.29, 1.82) is 0 Å². The Hall–Kier alpha value is -3.45. The predicted molar refractivity (Wildman–Crippen MR) is 129 cm³/mol. The van der Waals surface area contributed by atoms with Crippen molar-refractivity contribution in [3.8, 4) is 22.6 Å². The molecule has 3 aromatic rings. The van der Waals surface area contributed by atoms with Crippen LogP contribution >= 0.6 is 0 Å². The highest BCUT2D eigenvalue weighted by molar-refractivity contribution is 5.93. The van der Waals surface area contributed by atoms with Crippen LogP contribution in [-0.4, -0.2) is 54.1 Å². The molecule has 33 heavy (non-hydrogen) atoms.